The van der Waals surface area contributed by atoms with E-state index in [0.29, 0.717) is 6.54 Å². The molecular formula is C13H10F2N2S. The third-order valence-corrected chi connectivity index (χ3v) is 3.54. The van der Waals surface area contributed by atoms with Crippen LogP contribution < -0.4 is 5.32 Å². The summed E-state index contributed by atoms with van der Waals surface area (Å²) in [7, 11) is 0. The normalized spacial score (nSPS) is 10.1. The van der Waals surface area contributed by atoms with Crippen LogP contribution >= 0.6 is 11.3 Å². The van der Waals surface area contributed by atoms with Gasteiger partial charge in [0.25, 0.3) is 0 Å². The van der Waals surface area contributed by atoms with Crippen molar-refractivity contribution < 1.29 is 8.78 Å². The number of hydrogen-bond donors (Lipinski definition) is 1. The average molecular weight is 264 g/mol. The van der Waals surface area contributed by atoms with E-state index in [4.69, 9.17) is 5.26 Å². The number of benzene rings is 1. The lowest BCUT2D eigenvalue weighted by Gasteiger charge is -2.08. The Hall–Kier alpha value is -1.93. The Labute approximate surface area is 107 Å². The summed E-state index contributed by atoms with van der Waals surface area (Å²) >= 11 is 1.56. The first kappa shape index (κ1) is 12.5. The Bertz CT molecular complexity index is 614. The summed E-state index contributed by atoms with van der Waals surface area (Å²) in [5, 5.41) is 15.4. The van der Waals surface area contributed by atoms with Crippen LogP contribution in [0.25, 0.3) is 0 Å². The topological polar surface area (TPSA) is 35.8 Å². The van der Waals surface area contributed by atoms with E-state index < -0.39 is 11.6 Å². The standard InChI is InChI=1S/C13H10F2N2S/c1-8-6-18-7-10(8)5-17-11-3-2-9(4-16)12(14)13(11)15/h2-3,6-7,17H,5H2,1H3. The van der Waals surface area contributed by atoms with Gasteiger partial charge in [-0.2, -0.15) is 16.6 Å². The first-order valence-electron chi connectivity index (χ1n) is 5.27. The molecule has 0 spiro atoms. The Morgan fingerprint density at radius 2 is 2.06 bits per heavy atom. The number of nitriles is 1. The summed E-state index contributed by atoms with van der Waals surface area (Å²) in [6, 6.07) is 4.24. The van der Waals surface area contributed by atoms with Crippen molar-refractivity contribution in [3.63, 3.8) is 0 Å². The lowest BCUT2D eigenvalue weighted by molar-refractivity contribution is 0.508. The number of hydrogen-bond acceptors (Lipinski definition) is 3. The molecular weight excluding hydrogens is 254 g/mol. The zero-order valence-electron chi connectivity index (χ0n) is 9.63. The van der Waals surface area contributed by atoms with Gasteiger partial charge < -0.3 is 5.32 Å². The van der Waals surface area contributed by atoms with Crippen molar-refractivity contribution in [1.29, 1.82) is 5.26 Å². The second-order valence-electron chi connectivity index (χ2n) is 3.83. The van der Waals surface area contributed by atoms with Gasteiger partial charge in [0, 0.05) is 6.54 Å². The van der Waals surface area contributed by atoms with Gasteiger partial charge in [-0.05, 0) is 40.9 Å². The SMILES string of the molecule is Cc1cscc1CNc1ccc(C#N)c(F)c1F. The maximum atomic E-state index is 13.6. The van der Waals surface area contributed by atoms with Gasteiger partial charge in [0.2, 0.25) is 0 Å². The Balaban J connectivity index is 2.19. The van der Waals surface area contributed by atoms with E-state index in [1.165, 1.54) is 12.1 Å². The van der Waals surface area contributed by atoms with E-state index in [1.807, 2.05) is 17.7 Å². The summed E-state index contributed by atoms with van der Waals surface area (Å²) in [6.07, 6.45) is 0. The highest BCUT2D eigenvalue weighted by Gasteiger charge is 2.13. The molecule has 0 aliphatic carbocycles. The largest absolute Gasteiger partial charge is 0.378 e. The summed E-state index contributed by atoms with van der Waals surface area (Å²) < 4.78 is 27.0. The predicted octanol–water partition coefficient (Wildman–Crippen LogP) is 3.82. The van der Waals surface area contributed by atoms with Crippen molar-refractivity contribution in [1.82, 2.24) is 0 Å². The van der Waals surface area contributed by atoms with Crippen LogP contribution in [0.2, 0.25) is 0 Å². The highest BCUT2D eigenvalue weighted by molar-refractivity contribution is 7.08. The van der Waals surface area contributed by atoms with Crippen molar-refractivity contribution in [2.75, 3.05) is 5.32 Å². The van der Waals surface area contributed by atoms with Gasteiger partial charge in [-0.3, -0.25) is 0 Å². The van der Waals surface area contributed by atoms with Gasteiger partial charge in [-0.1, -0.05) is 0 Å². The highest BCUT2D eigenvalue weighted by Crippen LogP contribution is 2.22. The molecule has 1 N–H and O–H groups in total. The fraction of sp³-hybridized carbons (Fsp3) is 0.154. The van der Waals surface area contributed by atoms with Crippen molar-refractivity contribution in [2.45, 2.75) is 13.5 Å². The summed E-state index contributed by atoms with van der Waals surface area (Å²) in [6.45, 7) is 2.39. The Kier molecular flexibility index (Phi) is 3.58. The number of aryl methyl sites for hydroxylation is 1. The molecule has 2 nitrogen and oxygen atoms in total. The Morgan fingerprint density at radius 3 is 2.67 bits per heavy atom. The van der Waals surface area contributed by atoms with Gasteiger partial charge >= 0.3 is 0 Å². The molecule has 0 atom stereocenters. The number of anilines is 1. The van der Waals surface area contributed by atoms with Crippen LogP contribution in [-0.2, 0) is 6.54 Å². The molecule has 2 rings (SSSR count). The monoisotopic (exact) mass is 264 g/mol. The first-order valence-corrected chi connectivity index (χ1v) is 6.21. The number of nitrogens with zero attached hydrogens (tertiary/aromatic N) is 1. The molecule has 0 unspecified atom stereocenters. The summed E-state index contributed by atoms with van der Waals surface area (Å²) in [5.41, 5.74) is 1.94. The zero-order chi connectivity index (χ0) is 13.1. The minimum Gasteiger partial charge on any atom is -0.378 e. The molecule has 1 heterocycles. The number of nitrogens with one attached hydrogen (secondary N) is 1. The molecule has 0 amide bonds. The zero-order valence-corrected chi connectivity index (χ0v) is 10.4. The molecule has 0 aliphatic rings. The second-order valence-corrected chi connectivity index (χ2v) is 4.58. The van der Waals surface area contributed by atoms with E-state index in [1.54, 1.807) is 17.4 Å². The Morgan fingerprint density at radius 1 is 1.28 bits per heavy atom. The average Bonchev–Trinajstić information content (AvgIpc) is 2.77. The third kappa shape index (κ3) is 2.34. The second kappa shape index (κ2) is 5.15. The number of thiophene rings is 1. The van der Waals surface area contributed by atoms with Crippen molar-refractivity contribution in [3.8, 4) is 6.07 Å². The van der Waals surface area contributed by atoms with Crippen LogP contribution in [0.4, 0.5) is 14.5 Å². The first-order chi connectivity index (χ1) is 8.63. The summed E-state index contributed by atoms with van der Waals surface area (Å²) in [5.74, 6) is -2.12. The molecule has 0 saturated carbocycles. The van der Waals surface area contributed by atoms with E-state index in [9.17, 15) is 8.78 Å². The molecule has 5 heteroatoms. The molecule has 0 radical (unpaired) electrons. The minimum absolute atomic E-state index is 0.0668. The molecule has 0 aliphatic heterocycles. The quantitative estimate of drug-likeness (QED) is 0.914. The molecule has 0 fully saturated rings. The summed E-state index contributed by atoms with van der Waals surface area (Å²) in [4.78, 5) is 0. The third-order valence-electron chi connectivity index (χ3n) is 2.63. The fourth-order valence-corrected chi connectivity index (χ4v) is 2.39. The van der Waals surface area contributed by atoms with E-state index in [-0.39, 0.29) is 11.3 Å². The molecule has 18 heavy (non-hydrogen) atoms. The van der Waals surface area contributed by atoms with Crippen LogP contribution in [0, 0.1) is 29.9 Å². The van der Waals surface area contributed by atoms with Crippen molar-refractivity contribution >= 4 is 17.0 Å². The lowest BCUT2D eigenvalue weighted by atomic mass is 10.2. The molecule has 0 saturated heterocycles. The predicted molar refractivity (Wildman–Crippen MR) is 67.5 cm³/mol. The smallest absolute Gasteiger partial charge is 0.183 e. The van der Waals surface area contributed by atoms with E-state index in [2.05, 4.69) is 5.32 Å². The molecule has 1 aromatic carbocycles. The van der Waals surface area contributed by atoms with E-state index >= 15 is 0 Å². The lowest BCUT2D eigenvalue weighted by Crippen LogP contribution is -2.04. The number of halogens is 2. The molecule has 0 bridgehead atoms. The van der Waals surface area contributed by atoms with Crippen molar-refractivity contribution in [2.24, 2.45) is 0 Å². The van der Waals surface area contributed by atoms with Gasteiger partial charge in [-0.25, -0.2) is 8.78 Å². The van der Waals surface area contributed by atoms with Gasteiger partial charge in [0.15, 0.2) is 11.6 Å². The molecule has 2 aromatic rings. The molecule has 1 aromatic heterocycles. The fourth-order valence-electron chi connectivity index (χ4n) is 1.53. The van der Waals surface area contributed by atoms with E-state index in [0.717, 1.165) is 11.1 Å². The van der Waals surface area contributed by atoms with Crippen LogP contribution in [0.5, 0.6) is 0 Å². The number of rotatable bonds is 3. The van der Waals surface area contributed by atoms with Crippen LogP contribution in [0.15, 0.2) is 22.9 Å². The minimum atomic E-state index is -1.11. The van der Waals surface area contributed by atoms with Crippen LogP contribution in [0.3, 0.4) is 0 Å². The van der Waals surface area contributed by atoms with Gasteiger partial charge in [0.05, 0.1) is 11.3 Å². The van der Waals surface area contributed by atoms with Crippen LogP contribution in [-0.4, -0.2) is 0 Å². The van der Waals surface area contributed by atoms with Crippen molar-refractivity contribution in [3.05, 3.63) is 51.2 Å². The maximum Gasteiger partial charge on any atom is 0.183 e. The van der Waals surface area contributed by atoms with Gasteiger partial charge in [-0.15, -0.1) is 0 Å². The van der Waals surface area contributed by atoms with Gasteiger partial charge in [0.1, 0.15) is 6.07 Å². The maximum absolute atomic E-state index is 13.6. The van der Waals surface area contributed by atoms with Crippen LogP contribution in [0.1, 0.15) is 16.7 Å². The molecule has 92 valence electrons. The highest BCUT2D eigenvalue weighted by atomic mass is 32.1.